The van der Waals surface area contributed by atoms with Gasteiger partial charge in [0.2, 0.25) is 0 Å². The minimum absolute atomic E-state index is 0.728. The van der Waals surface area contributed by atoms with Gasteiger partial charge in [0.15, 0.2) is 0 Å². The minimum Gasteiger partial charge on any atom is -0.276 e. The molecule has 1 aromatic heterocycles. The van der Waals surface area contributed by atoms with Gasteiger partial charge in [-0.3, -0.25) is 15.3 Å². The van der Waals surface area contributed by atoms with Crippen molar-refractivity contribution in [3.63, 3.8) is 0 Å². The summed E-state index contributed by atoms with van der Waals surface area (Å²) in [6.07, 6.45) is 5.69. The van der Waals surface area contributed by atoms with Crippen LogP contribution in [0, 0.1) is 0 Å². The topological polar surface area (TPSA) is 34.1 Å². The Hall–Kier alpha value is -1.61. The van der Waals surface area contributed by atoms with E-state index in [9.17, 15) is 0 Å². The summed E-state index contributed by atoms with van der Waals surface area (Å²) >= 11 is 0. The number of pyridine rings is 1. The molecule has 1 aromatic carbocycles. The molecule has 0 radical (unpaired) electrons. The van der Waals surface area contributed by atoms with Gasteiger partial charge < -0.3 is 0 Å². The van der Waals surface area contributed by atoms with Crippen LogP contribution >= 0.6 is 0 Å². The van der Waals surface area contributed by atoms with Crippen LogP contribution in [0.3, 0.4) is 0 Å². The second kappa shape index (κ2) is 5.57. The van der Waals surface area contributed by atoms with Crippen LogP contribution in [0.25, 0.3) is 10.9 Å². The van der Waals surface area contributed by atoms with Crippen LogP contribution in [0.4, 0.5) is 5.69 Å². The predicted molar refractivity (Wildman–Crippen MR) is 78.3 cm³/mol. The highest BCUT2D eigenvalue weighted by molar-refractivity contribution is 5.93. The van der Waals surface area contributed by atoms with Crippen LogP contribution in [0.2, 0.25) is 0 Å². The summed E-state index contributed by atoms with van der Waals surface area (Å²) < 4.78 is 0. The SMILES string of the molecule is CCCONc1c2c(nc3ccccc13)CCCC2. The predicted octanol–water partition coefficient (Wildman–Crippen LogP) is 3.87. The molecule has 0 amide bonds. The molecule has 0 saturated carbocycles. The van der Waals surface area contributed by atoms with Gasteiger partial charge in [0, 0.05) is 11.1 Å². The van der Waals surface area contributed by atoms with Gasteiger partial charge in [-0.2, -0.15) is 0 Å². The van der Waals surface area contributed by atoms with Gasteiger partial charge in [0.05, 0.1) is 17.8 Å². The number of benzene rings is 1. The molecule has 1 aliphatic carbocycles. The minimum atomic E-state index is 0.728. The first-order valence-electron chi connectivity index (χ1n) is 7.18. The molecule has 0 atom stereocenters. The molecule has 0 bridgehead atoms. The van der Waals surface area contributed by atoms with Gasteiger partial charge in [-0.05, 0) is 43.7 Å². The van der Waals surface area contributed by atoms with Crippen molar-refractivity contribution in [2.45, 2.75) is 39.0 Å². The third kappa shape index (κ3) is 2.43. The highest BCUT2D eigenvalue weighted by Gasteiger charge is 2.17. The van der Waals surface area contributed by atoms with Crippen molar-refractivity contribution >= 4 is 16.6 Å². The highest BCUT2D eigenvalue weighted by atomic mass is 16.6. The van der Waals surface area contributed by atoms with Crippen molar-refractivity contribution in [1.29, 1.82) is 0 Å². The number of hydrogen-bond donors (Lipinski definition) is 1. The maximum absolute atomic E-state index is 5.57. The molecule has 100 valence electrons. The van der Waals surface area contributed by atoms with E-state index in [1.165, 1.54) is 29.5 Å². The zero-order valence-corrected chi connectivity index (χ0v) is 11.4. The summed E-state index contributed by atoms with van der Waals surface area (Å²) in [4.78, 5) is 10.4. The Labute approximate surface area is 113 Å². The standard InChI is InChI=1S/C16H20N2O/c1-2-11-19-18-16-12-7-3-5-9-14(12)17-15-10-6-4-8-13(15)16/h3,5,7,9H,2,4,6,8,10-11H2,1H3,(H,17,18). The van der Waals surface area contributed by atoms with Gasteiger partial charge in [0.1, 0.15) is 0 Å². The monoisotopic (exact) mass is 256 g/mol. The maximum atomic E-state index is 5.57. The van der Waals surface area contributed by atoms with E-state index in [4.69, 9.17) is 9.82 Å². The number of rotatable bonds is 4. The second-order valence-corrected chi connectivity index (χ2v) is 5.09. The number of aryl methyl sites for hydroxylation is 1. The molecule has 2 aromatic rings. The molecular weight excluding hydrogens is 236 g/mol. The third-order valence-corrected chi connectivity index (χ3v) is 3.65. The van der Waals surface area contributed by atoms with Crippen LogP contribution < -0.4 is 5.48 Å². The van der Waals surface area contributed by atoms with E-state index in [2.05, 4.69) is 30.6 Å². The average Bonchev–Trinajstić information content (AvgIpc) is 2.46. The van der Waals surface area contributed by atoms with Gasteiger partial charge in [-0.15, -0.1) is 0 Å². The molecule has 1 N–H and O–H groups in total. The number of hydrogen-bond acceptors (Lipinski definition) is 3. The summed E-state index contributed by atoms with van der Waals surface area (Å²) in [5, 5.41) is 1.17. The van der Waals surface area contributed by atoms with Gasteiger partial charge in [-0.1, -0.05) is 25.1 Å². The third-order valence-electron chi connectivity index (χ3n) is 3.65. The lowest BCUT2D eigenvalue weighted by Gasteiger charge is -2.21. The van der Waals surface area contributed by atoms with Crippen molar-refractivity contribution in [3.8, 4) is 0 Å². The molecule has 0 unspecified atom stereocenters. The Balaban J connectivity index is 2.08. The average molecular weight is 256 g/mol. The van der Waals surface area contributed by atoms with Crippen LogP contribution in [-0.2, 0) is 17.7 Å². The smallest absolute Gasteiger partial charge is 0.0748 e. The van der Waals surface area contributed by atoms with Crippen molar-refractivity contribution in [1.82, 2.24) is 4.98 Å². The summed E-state index contributed by atoms with van der Waals surface area (Å²) in [5.74, 6) is 0. The first-order chi connectivity index (χ1) is 9.40. The molecule has 0 saturated heterocycles. The van der Waals surface area contributed by atoms with Gasteiger partial charge in [0.25, 0.3) is 0 Å². The van der Waals surface area contributed by atoms with E-state index in [0.717, 1.165) is 37.1 Å². The molecule has 3 nitrogen and oxygen atoms in total. The molecule has 1 heterocycles. The zero-order valence-electron chi connectivity index (χ0n) is 11.4. The van der Waals surface area contributed by atoms with Crippen LogP contribution in [-0.4, -0.2) is 11.6 Å². The van der Waals surface area contributed by atoms with E-state index in [1.807, 2.05) is 6.07 Å². The van der Waals surface area contributed by atoms with Crippen LogP contribution in [0.5, 0.6) is 0 Å². The first-order valence-corrected chi connectivity index (χ1v) is 7.18. The first kappa shape index (κ1) is 12.4. The number of nitrogens with zero attached hydrogens (tertiary/aromatic N) is 1. The fourth-order valence-corrected chi connectivity index (χ4v) is 2.71. The normalized spacial score (nSPS) is 14.4. The molecule has 0 aliphatic heterocycles. The summed E-state index contributed by atoms with van der Waals surface area (Å²) in [7, 11) is 0. The Kier molecular flexibility index (Phi) is 3.65. The van der Waals surface area contributed by atoms with Crippen molar-refractivity contribution in [3.05, 3.63) is 35.5 Å². The van der Waals surface area contributed by atoms with Crippen LogP contribution in [0.15, 0.2) is 24.3 Å². The van der Waals surface area contributed by atoms with Gasteiger partial charge in [-0.25, -0.2) is 0 Å². The number of aromatic nitrogens is 1. The van der Waals surface area contributed by atoms with E-state index < -0.39 is 0 Å². The Morgan fingerprint density at radius 1 is 1.21 bits per heavy atom. The number of anilines is 1. The number of para-hydroxylation sites is 1. The largest absolute Gasteiger partial charge is 0.276 e. The highest BCUT2D eigenvalue weighted by Crippen LogP contribution is 2.33. The summed E-state index contributed by atoms with van der Waals surface area (Å²) in [6.45, 7) is 2.84. The van der Waals surface area contributed by atoms with E-state index in [-0.39, 0.29) is 0 Å². The number of fused-ring (bicyclic) bond motifs is 2. The zero-order chi connectivity index (χ0) is 13.1. The van der Waals surface area contributed by atoms with Crippen molar-refractivity contribution in [2.75, 3.05) is 12.1 Å². The molecule has 0 fully saturated rings. The lowest BCUT2D eigenvalue weighted by molar-refractivity contribution is 0.194. The molecular formula is C16H20N2O. The lowest BCUT2D eigenvalue weighted by atomic mass is 9.93. The summed E-state index contributed by atoms with van der Waals surface area (Å²) in [5.41, 5.74) is 7.96. The van der Waals surface area contributed by atoms with Crippen LogP contribution in [0.1, 0.15) is 37.4 Å². The number of nitrogens with one attached hydrogen (secondary N) is 1. The Morgan fingerprint density at radius 2 is 2.05 bits per heavy atom. The second-order valence-electron chi connectivity index (χ2n) is 5.09. The van der Waals surface area contributed by atoms with E-state index in [1.54, 1.807) is 0 Å². The Morgan fingerprint density at radius 3 is 2.95 bits per heavy atom. The van der Waals surface area contributed by atoms with Crippen molar-refractivity contribution < 1.29 is 4.84 Å². The Bertz CT molecular complexity index is 580. The van der Waals surface area contributed by atoms with Gasteiger partial charge >= 0.3 is 0 Å². The fraction of sp³-hybridized carbons (Fsp3) is 0.438. The lowest BCUT2D eigenvalue weighted by Crippen LogP contribution is -2.12. The molecule has 19 heavy (non-hydrogen) atoms. The maximum Gasteiger partial charge on any atom is 0.0748 e. The quantitative estimate of drug-likeness (QED) is 0.666. The van der Waals surface area contributed by atoms with Crippen molar-refractivity contribution in [2.24, 2.45) is 0 Å². The molecule has 1 aliphatic rings. The molecule has 3 rings (SSSR count). The summed E-state index contributed by atoms with van der Waals surface area (Å²) in [6, 6.07) is 8.30. The molecule has 3 heteroatoms. The fourth-order valence-electron chi connectivity index (χ4n) is 2.71. The van der Waals surface area contributed by atoms with E-state index >= 15 is 0 Å². The molecule has 0 spiro atoms. The van der Waals surface area contributed by atoms with E-state index in [0.29, 0.717) is 0 Å².